The highest BCUT2D eigenvalue weighted by Gasteiger charge is 2.17. The van der Waals surface area contributed by atoms with Gasteiger partial charge in [-0.05, 0) is 29.8 Å². The normalized spacial score (nSPS) is 11.3. The van der Waals surface area contributed by atoms with Crippen LogP contribution in [-0.2, 0) is 11.3 Å². The first-order chi connectivity index (χ1) is 14.1. The van der Waals surface area contributed by atoms with Crippen LogP contribution in [0.25, 0.3) is 27.5 Å². The molecule has 0 unspecified atom stereocenters. The third-order valence-corrected chi connectivity index (χ3v) is 4.69. The summed E-state index contributed by atoms with van der Waals surface area (Å²) >= 11 is 0. The van der Waals surface area contributed by atoms with Gasteiger partial charge >= 0.3 is 11.6 Å². The van der Waals surface area contributed by atoms with E-state index >= 15 is 0 Å². The van der Waals surface area contributed by atoms with Crippen molar-refractivity contribution in [2.45, 2.75) is 13.5 Å². The number of nitrogens with zero attached hydrogens (tertiary/aromatic N) is 4. The number of ether oxygens (including phenoxy) is 1. The largest absolute Gasteiger partial charge is 0.455 e. The number of carbonyl (C=O) groups excluding carboxylic acids is 1. The van der Waals surface area contributed by atoms with Gasteiger partial charge in [0.25, 0.3) is 11.6 Å². The second kappa shape index (κ2) is 6.52. The highest BCUT2D eigenvalue weighted by atomic mass is 16.5. The average Bonchev–Trinajstić information content (AvgIpc) is 3.17. The Hall–Kier alpha value is -4.07. The summed E-state index contributed by atoms with van der Waals surface area (Å²) in [4.78, 5) is 32.6. The standard InChI is InChI=1S/C21H14N4O4/c1-12-8-9-22-21-23-19(24-25(12)21)20(27)28-11-14-10-17(26)29-16-7-6-13-4-2-3-5-15(13)18(14)16/h2-10H,11H2,1H3. The number of rotatable bonds is 3. The summed E-state index contributed by atoms with van der Waals surface area (Å²) in [5.41, 5.74) is 1.27. The second-order valence-electron chi connectivity index (χ2n) is 6.56. The Morgan fingerprint density at radius 3 is 2.90 bits per heavy atom. The van der Waals surface area contributed by atoms with Crippen molar-refractivity contribution in [3.8, 4) is 0 Å². The molecule has 0 bridgehead atoms. The number of aromatic nitrogens is 4. The van der Waals surface area contributed by atoms with Crippen molar-refractivity contribution in [1.29, 1.82) is 0 Å². The van der Waals surface area contributed by atoms with Gasteiger partial charge in [0, 0.05) is 28.9 Å². The topological polar surface area (TPSA) is 99.6 Å². The monoisotopic (exact) mass is 386 g/mol. The molecule has 5 rings (SSSR count). The van der Waals surface area contributed by atoms with Crippen molar-refractivity contribution in [1.82, 2.24) is 19.6 Å². The first-order valence-electron chi connectivity index (χ1n) is 8.90. The van der Waals surface area contributed by atoms with Gasteiger partial charge in [0.05, 0.1) is 0 Å². The average molecular weight is 386 g/mol. The van der Waals surface area contributed by atoms with Crippen LogP contribution in [0.5, 0.6) is 0 Å². The van der Waals surface area contributed by atoms with Crippen LogP contribution in [0, 0.1) is 6.92 Å². The van der Waals surface area contributed by atoms with Gasteiger partial charge in [0.1, 0.15) is 12.2 Å². The molecule has 0 amide bonds. The van der Waals surface area contributed by atoms with Gasteiger partial charge < -0.3 is 9.15 Å². The molecule has 0 radical (unpaired) electrons. The van der Waals surface area contributed by atoms with Gasteiger partial charge in [-0.25, -0.2) is 19.1 Å². The molecule has 3 heterocycles. The van der Waals surface area contributed by atoms with Crippen LogP contribution >= 0.6 is 0 Å². The Labute approximate surface area is 163 Å². The van der Waals surface area contributed by atoms with Crippen LogP contribution < -0.4 is 5.63 Å². The molecular weight excluding hydrogens is 372 g/mol. The molecule has 0 spiro atoms. The molecule has 0 atom stereocenters. The summed E-state index contributed by atoms with van der Waals surface area (Å²) < 4.78 is 12.2. The highest BCUT2D eigenvalue weighted by molar-refractivity contribution is 6.07. The highest BCUT2D eigenvalue weighted by Crippen LogP contribution is 2.27. The van der Waals surface area contributed by atoms with Crippen LogP contribution in [0.4, 0.5) is 0 Å². The zero-order valence-electron chi connectivity index (χ0n) is 15.3. The third-order valence-electron chi connectivity index (χ3n) is 4.69. The first-order valence-corrected chi connectivity index (χ1v) is 8.90. The molecule has 0 saturated carbocycles. The smallest absolute Gasteiger partial charge is 0.378 e. The fourth-order valence-electron chi connectivity index (χ4n) is 3.33. The number of hydrogen-bond acceptors (Lipinski definition) is 7. The summed E-state index contributed by atoms with van der Waals surface area (Å²) in [6.45, 7) is 1.72. The summed E-state index contributed by atoms with van der Waals surface area (Å²) in [7, 11) is 0. The van der Waals surface area contributed by atoms with Crippen molar-refractivity contribution < 1.29 is 13.9 Å². The number of hydrogen-bond donors (Lipinski definition) is 0. The zero-order chi connectivity index (χ0) is 20.0. The van der Waals surface area contributed by atoms with E-state index in [9.17, 15) is 9.59 Å². The van der Waals surface area contributed by atoms with Crippen LogP contribution in [0.2, 0.25) is 0 Å². The maximum Gasteiger partial charge on any atom is 0.378 e. The third kappa shape index (κ3) is 2.91. The van der Waals surface area contributed by atoms with E-state index in [1.165, 1.54) is 10.6 Å². The van der Waals surface area contributed by atoms with E-state index < -0.39 is 11.6 Å². The number of aryl methyl sites for hydroxylation is 1. The fourth-order valence-corrected chi connectivity index (χ4v) is 3.33. The summed E-state index contributed by atoms with van der Waals surface area (Å²) in [5.74, 6) is -0.478. The molecule has 0 aliphatic heterocycles. The SMILES string of the molecule is Cc1ccnc2nc(C(=O)OCc3cc(=O)oc4ccc5ccccc5c34)nn12. The van der Waals surface area contributed by atoms with Crippen molar-refractivity contribution in [2.75, 3.05) is 0 Å². The maximum atomic E-state index is 12.5. The van der Waals surface area contributed by atoms with Gasteiger partial charge in [-0.15, -0.1) is 5.10 Å². The predicted octanol–water partition coefficient (Wildman–Crippen LogP) is 3.05. The molecule has 29 heavy (non-hydrogen) atoms. The van der Waals surface area contributed by atoms with Crippen LogP contribution in [-0.4, -0.2) is 25.6 Å². The van der Waals surface area contributed by atoms with Gasteiger partial charge in [0.2, 0.25) is 0 Å². The van der Waals surface area contributed by atoms with E-state index in [0.717, 1.165) is 21.9 Å². The van der Waals surface area contributed by atoms with E-state index in [1.54, 1.807) is 18.3 Å². The lowest BCUT2D eigenvalue weighted by molar-refractivity contribution is 0.0459. The molecular formula is C21H14N4O4. The molecule has 0 aliphatic carbocycles. The van der Waals surface area contributed by atoms with Gasteiger partial charge in [-0.1, -0.05) is 30.3 Å². The van der Waals surface area contributed by atoms with E-state index in [-0.39, 0.29) is 12.4 Å². The molecule has 5 aromatic rings. The number of carbonyl (C=O) groups is 1. The van der Waals surface area contributed by atoms with Gasteiger partial charge in [0.15, 0.2) is 0 Å². The molecule has 0 N–H and O–H groups in total. The summed E-state index contributed by atoms with van der Waals surface area (Å²) in [6.07, 6.45) is 1.59. The molecule has 0 saturated heterocycles. The second-order valence-corrected chi connectivity index (χ2v) is 6.56. The minimum Gasteiger partial charge on any atom is -0.455 e. The summed E-state index contributed by atoms with van der Waals surface area (Å²) in [5, 5.41) is 6.77. The quantitative estimate of drug-likeness (QED) is 0.267. The maximum absolute atomic E-state index is 12.5. The van der Waals surface area contributed by atoms with E-state index in [2.05, 4.69) is 15.1 Å². The van der Waals surface area contributed by atoms with Crippen LogP contribution in [0.15, 0.2) is 63.9 Å². The Morgan fingerprint density at radius 2 is 2.03 bits per heavy atom. The first kappa shape index (κ1) is 17.1. The molecule has 2 aromatic carbocycles. The molecule has 0 fully saturated rings. The zero-order valence-corrected chi connectivity index (χ0v) is 15.3. The van der Waals surface area contributed by atoms with Crippen molar-refractivity contribution >= 4 is 33.5 Å². The van der Waals surface area contributed by atoms with Crippen molar-refractivity contribution in [2.24, 2.45) is 0 Å². The lowest BCUT2D eigenvalue weighted by Crippen LogP contribution is -2.10. The van der Waals surface area contributed by atoms with Crippen LogP contribution in [0.1, 0.15) is 21.9 Å². The summed E-state index contributed by atoms with van der Waals surface area (Å²) in [6, 6.07) is 14.4. The molecule has 142 valence electrons. The molecule has 0 aliphatic rings. The predicted molar refractivity (Wildman–Crippen MR) is 105 cm³/mol. The Kier molecular flexibility index (Phi) is 3.83. The van der Waals surface area contributed by atoms with Crippen molar-refractivity contribution in [3.63, 3.8) is 0 Å². The molecule has 8 nitrogen and oxygen atoms in total. The number of esters is 1. The Morgan fingerprint density at radius 1 is 1.17 bits per heavy atom. The van der Waals surface area contributed by atoms with Gasteiger partial charge in [-0.2, -0.15) is 4.98 Å². The number of benzene rings is 2. The lowest BCUT2D eigenvalue weighted by Gasteiger charge is -2.08. The Bertz CT molecular complexity index is 1470. The van der Waals surface area contributed by atoms with E-state index in [4.69, 9.17) is 9.15 Å². The van der Waals surface area contributed by atoms with E-state index in [1.807, 2.05) is 37.3 Å². The van der Waals surface area contributed by atoms with Crippen LogP contribution in [0.3, 0.4) is 0 Å². The van der Waals surface area contributed by atoms with Crippen molar-refractivity contribution in [3.05, 3.63) is 82.2 Å². The molecule has 8 heteroatoms. The number of fused-ring (bicyclic) bond motifs is 4. The fraction of sp³-hybridized carbons (Fsp3) is 0.0952. The van der Waals surface area contributed by atoms with E-state index in [0.29, 0.717) is 16.9 Å². The van der Waals surface area contributed by atoms with Gasteiger partial charge in [-0.3, -0.25) is 0 Å². The lowest BCUT2D eigenvalue weighted by atomic mass is 10.0. The Balaban J connectivity index is 1.52. The molecule has 3 aromatic heterocycles. The minimum atomic E-state index is -0.698. The minimum absolute atomic E-state index is 0.0936.